The van der Waals surface area contributed by atoms with Gasteiger partial charge < -0.3 is 25.2 Å². The number of fused-ring (bicyclic) bond motifs is 1. The van der Waals surface area contributed by atoms with Crippen molar-refractivity contribution in [1.82, 2.24) is 9.96 Å². The van der Waals surface area contributed by atoms with E-state index in [9.17, 15) is 19.2 Å². The van der Waals surface area contributed by atoms with E-state index in [2.05, 4.69) is 4.99 Å². The molecule has 2 aromatic rings. The van der Waals surface area contributed by atoms with Crippen molar-refractivity contribution in [2.45, 2.75) is 18.6 Å². The molecule has 1 fully saturated rings. The summed E-state index contributed by atoms with van der Waals surface area (Å²) in [5.74, 6) is -1.56. The van der Waals surface area contributed by atoms with E-state index in [1.54, 1.807) is 36.4 Å². The van der Waals surface area contributed by atoms with Gasteiger partial charge in [0.15, 0.2) is 0 Å². The van der Waals surface area contributed by atoms with E-state index < -0.39 is 30.0 Å². The summed E-state index contributed by atoms with van der Waals surface area (Å²) in [5.41, 5.74) is 7.04. The van der Waals surface area contributed by atoms with Crippen LogP contribution in [0.15, 0.2) is 53.5 Å². The van der Waals surface area contributed by atoms with Crippen LogP contribution in [0, 0.1) is 0 Å². The van der Waals surface area contributed by atoms with Crippen LogP contribution >= 0.6 is 0 Å². The van der Waals surface area contributed by atoms with Crippen molar-refractivity contribution < 1.29 is 38.6 Å². The molecule has 2 aliphatic heterocycles. The van der Waals surface area contributed by atoms with Crippen molar-refractivity contribution in [3.05, 3.63) is 65.2 Å². The van der Waals surface area contributed by atoms with E-state index in [-0.39, 0.29) is 29.6 Å². The molecule has 0 unspecified atom stereocenters. The Hall–Kier alpha value is -4.45. The van der Waals surface area contributed by atoms with E-state index in [4.69, 9.17) is 25.2 Å². The average molecular weight is 496 g/mol. The lowest BCUT2D eigenvalue weighted by atomic mass is 10.1. The number of ether oxygens (including phenoxy) is 2. The summed E-state index contributed by atoms with van der Waals surface area (Å²) in [6.07, 6.45) is -1.77. The Morgan fingerprint density at radius 2 is 1.75 bits per heavy atom. The lowest BCUT2D eigenvalue weighted by Gasteiger charge is -2.21. The summed E-state index contributed by atoms with van der Waals surface area (Å²) < 4.78 is 10.4. The molecule has 0 aromatic heterocycles. The number of hydroxylamine groups is 2. The molecule has 0 radical (unpaired) electrons. The summed E-state index contributed by atoms with van der Waals surface area (Å²) in [6.45, 7) is 0.364. The van der Waals surface area contributed by atoms with Gasteiger partial charge in [0.2, 0.25) is 6.10 Å². The first-order chi connectivity index (χ1) is 17.3. The quantitative estimate of drug-likeness (QED) is 0.237. The molecule has 1 saturated heterocycles. The SMILES string of the molecule is COC(=O)[C@H](COc1ccc(C(N)=N[C@@H]2CCN(C(=O)O)C2)cc1)ON1C(=O)c2ccccc2C1=O. The number of amidine groups is 1. The molecule has 3 amide bonds. The maximum Gasteiger partial charge on any atom is 0.407 e. The Kier molecular flexibility index (Phi) is 7.15. The summed E-state index contributed by atoms with van der Waals surface area (Å²) in [4.78, 5) is 59.5. The highest BCUT2D eigenvalue weighted by atomic mass is 16.7. The van der Waals surface area contributed by atoms with Gasteiger partial charge in [-0.25, -0.2) is 14.4 Å². The fourth-order valence-electron chi connectivity index (χ4n) is 3.85. The van der Waals surface area contributed by atoms with Gasteiger partial charge in [-0.15, -0.1) is 5.06 Å². The van der Waals surface area contributed by atoms with Crippen molar-refractivity contribution >= 4 is 29.7 Å². The van der Waals surface area contributed by atoms with Crippen molar-refractivity contribution in [3.8, 4) is 5.75 Å². The number of amides is 3. The zero-order valence-corrected chi connectivity index (χ0v) is 19.3. The number of aliphatic imine (C=N–C) groups is 1. The molecule has 3 N–H and O–H groups in total. The summed E-state index contributed by atoms with van der Waals surface area (Å²) in [6, 6.07) is 12.5. The number of carbonyl (C=O) groups excluding carboxylic acids is 3. The highest BCUT2D eigenvalue weighted by Crippen LogP contribution is 2.24. The molecule has 2 aromatic carbocycles. The lowest BCUT2D eigenvalue weighted by molar-refractivity contribution is -0.181. The van der Waals surface area contributed by atoms with Crippen LogP contribution in [0.4, 0.5) is 4.79 Å². The van der Waals surface area contributed by atoms with Gasteiger partial charge in [-0.1, -0.05) is 12.1 Å². The molecule has 0 aliphatic carbocycles. The molecule has 0 saturated carbocycles. The third-order valence-corrected chi connectivity index (χ3v) is 5.76. The monoisotopic (exact) mass is 496 g/mol. The number of carbonyl (C=O) groups is 4. The highest BCUT2D eigenvalue weighted by molar-refractivity contribution is 6.20. The van der Waals surface area contributed by atoms with Gasteiger partial charge in [0.1, 0.15) is 18.2 Å². The maximum absolute atomic E-state index is 12.5. The number of nitrogens with two attached hydrogens (primary N) is 1. The van der Waals surface area contributed by atoms with Gasteiger partial charge in [-0.3, -0.25) is 14.6 Å². The first-order valence-corrected chi connectivity index (χ1v) is 11.0. The van der Waals surface area contributed by atoms with Crippen molar-refractivity contribution in [2.75, 3.05) is 26.8 Å². The second-order valence-corrected chi connectivity index (χ2v) is 8.09. The second kappa shape index (κ2) is 10.4. The lowest BCUT2D eigenvalue weighted by Crippen LogP contribution is -2.41. The summed E-state index contributed by atoms with van der Waals surface area (Å²) in [7, 11) is 1.15. The van der Waals surface area contributed by atoms with Gasteiger partial charge in [0, 0.05) is 18.7 Å². The number of hydrogen-bond acceptors (Lipinski definition) is 8. The first kappa shape index (κ1) is 24.7. The van der Waals surface area contributed by atoms with E-state index in [1.807, 2.05) is 0 Å². The molecule has 12 nitrogen and oxygen atoms in total. The van der Waals surface area contributed by atoms with Crippen molar-refractivity contribution in [1.29, 1.82) is 0 Å². The van der Waals surface area contributed by atoms with E-state index in [1.165, 1.54) is 17.0 Å². The minimum Gasteiger partial charge on any atom is -0.490 e. The zero-order valence-electron chi connectivity index (χ0n) is 19.3. The molecule has 188 valence electrons. The normalized spacial score (nSPS) is 18.2. The number of carboxylic acid groups (broad SMARTS) is 1. The van der Waals surface area contributed by atoms with Crippen molar-refractivity contribution in [3.63, 3.8) is 0 Å². The fraction of sp³-hybridized carbons (Fsp3) is 0.292. The number of imide groups is 1. The van der Waals surface area contributed by atoms with Crippen LogP contribution in [0.5, 0.6) is 5.75 Å². The third-order valence-electron chi connectivity index (χ3n) is 5.76. The molecule has 2 atom stereocenters. The number of likely N-dealkylation sites (tertiary alicyclic amines) is 1. The standard InChI is InChI=1S/C24H24N4O8/c1-34-23(31)19(36-28-21(29)17-4-2-3-5-18(17)22(28)30)13-35-16-8-6-14(7-9-16)20(25)26-15-10-11-27(12-15)24(32)33/h2-9,15,19H,10-13H2,1H3,(H2,25,26)(H,32,33)/t15-,19+/m1/s1. The molecule has 4 rings (SSSR count). The molecule has 12 heteroatoms. The fourth-order valence-corrected chi connectivity index (χ4v) is 3.85. The number of rotatable bonds is 8. The number of methoxy groups -OCH3 is 1. The molecule has 36 heavy (non-hydrogen) atoms. The molecular formula is C24H24N4O8. The van der Waals surface area contributed by atoms with Crippen LogP contribution in [0.3, 0.4) is 0 Å². The van der Waals surface area contributed by atoms with Crippen LogP contribution in [0.2, 0.25) is 0 Å². The molecular weight excluding hydrogens is 472 g/mol. The topological polar surface area (TPSA) is 161 Å². The van der Waals surface area contributed by atoms with Crippen LogP contribution < -0.4 is 10.5 Å². The smallest absolute Gasteiger partial charge is 0.407 e. The molecule has 0 spiro atoms. The highest BCUT2D eigenvalue weighted by Gasteiger charge is 2.40. The van der Waals surface area contributed by atoms with E-state index >= 15 is 0 Å². The second-order valence-electron chi connectivity index (χ2n) is 8.09. The van der Waals surface area contributed by atoms with Gasteiger partial charge >= 0.3 is 12.1 Å². The van der Waals surface area contributed by atoms with Gasteiger partial charge in [-0.2, -0.15) is 0 Å². The number of nitrogens with zero attached hydrogens (tertiary/aromatic N) is 3. The number of benzene rings is 2. The van der Waals surface area contributed by atoms with Crippen LogP contribution in [0.1, 0.15) is 32.7 Å². The molecule has 2 heterocycles. The Labute approximate surface area is 205 Å². The van der Waals surface area contributed by atoms with Gasteiger partial charge in [-0.05, 0) is 42.8 Å². The van der Waals surface area contributed by atoms with Gasteiger partial charge in [0.05, 0.1) is 24.3 Å². The maximum atomic E-state index is 12.5. The predicted octanol–water partition coefficient (Wildman–Crippen LogP) is 1.29. The van der Waals surface area contributed by atoms with E-state index in [0.29, 0.717) is 35.9 Å². The predicted molar refractivity (Wildman–Crippen MR) is 124 cm³/mol. The minimum atomic E-state index is -1.39. The minimum absolute atomic E-state index is 0.176. The van der Waals surface area contributed by atoms with Crippen LogP contribution in [0.25, 0.3) is 0 Å². The number of esters is 1. The van der Waals surface area contributed by atoms with Crippen LogP contribution in [-0.2, 0) is 14.4 Å². The van der Waals surface area contributed by atoms with Crippen LogP contribution in [-0.4, -0.2) is 83.7 Å². The molecule has 0 bridgehead atoms. The molecule has 2 aliphatic rings. The Bertz CT molecular complexity index is 1180. The summed E-state index contributed by atoms with van der Waals surface area (Å²) in [5, 5.41) is 9.59. The summed E-state index contributed by atoms with van der Waals surface area (Å²) >= 11 is 0. The van der Waals surface area contributed by atoms with Gasteiger partial charge in [0.25, 0.3) is 11.8 Å². The van der Waals surface area contributed by atoms with Crippen molar-refractivity contribution in [2.24, 2.45) is 10.7 Å². The zero-order chi connectivity index (χ0) is 25.8. The Morgan fingerprint density at radius 1 is 1.11 bits per heavy atom. The Morgan fingerprint density at radius 3 is 2.31 bits per heavy atom. The largest absolute Gasteiger partial charge is 0.490 e. The first-order valence-electron chi connectivity index (χ1n) is 11.0. The Balaban J connectivity index is 1.38. The van der Waals surface area contributed by atoms with E-state index in [0.717, 1.165) is 7.11 Å². The number of hydrogen-bond donors (Lipinski definition) is 2. The third kappa shape index (κ3) is 5.13. The average Bonchev–Trinajstić information content (AvgIpc) is 3.45.